The molecule has 2 amide bonds. The first-order valence-electron chi connectivity index (χ1n) is 7.98. The summed E-state index contributed by atoms with van der Waals surface area (Å²) in [6.45, 7) is 1.91. The van der Waals surface area contributed by atoms with Crippen LogP contribution in [0.15, 0.2) is 0 Å². The third kappa shape index (κ3) is 4.20. The van der Waals surface area contributed by atoms with E-state index in [0.717, 1.165) is 51.6 Å². The fraction of sp³-hybridized carbons (Fsp3) is 0.867. The Morgan fingerprint density at radius 3 is 2.15 bits per heavy atom. The lowest BCUT2D eigenvalue weighted by atomic mass is 9.96. The third-order valence-corrected chi connectivity index (χ3v) is 4.56. The number of piperidine rings is 1. The SMILES string of the molecule is NC(=O)CN(C(=O)C1CCCCCC1)C1CCNCC1. The third-order valence-electron chi connectivity index (χ3n) is 4.56. The number of hydrogen-bond acceptors (Lipinski definition) is 3. The predicted octanol–water partition coefficient (Wildman–Crippen LogP) is 1.02. The largest absolute Gasteiger partial charge is 0.368 e. The number of hydrogen-bond donors (Lipinski definition) is 2. The van der Waals surface area contributed by atoms with Crippen LogP contribution in [-0.2, 0) is 9.59 Å². The summed E-state index contributed by atoms with van der Waals surface area (Å²) in [7, 11) is 0. The molecule has 2 rings (SSSR count). The Kier molecular flexibility index (Phi) is 5.83. The fourth-order valence-corrected chi connectivity index (χ4v) is 3.43. The lowest BCUT2D eigenvalue weighted by Gasteiger charge is -2.36. The maximum atomic E-state index is 12.8. The molecule has 0 bridgehead atoms. The minimum absolute atomic E-state index is 0.0833. The second kappa shape index (κ2) is 7.62. The highest BCUT2D eigenvalue weighted by Crippen LogP contribution is 2.26. The lowest BCUT2D eigenvalue weighted by Crippen LogP contribution is -2.51. The van der Waals surface area contributed by atoms with E-state index in [9.17, 15) is 9.59 Å². The van der Waals surface area contributed by atoms with Crippen molar-refractivity contribution in [1.29, 1.82) is 0 Å². The van der Waals surface area contributed by atoms with Crippen LogP contribution < -0.4 is 11.1 Å². The second-order valence-electron chi connectivity index (χ2n) is 6.10. The zero-order valence-corrected chi connectivity index (χ0v) is 12.3. The molecule has 1 aliphatic heterocycles. The van der Waals surface area contributed by atoms with Gasteiger partial charge in [0.2, 0.25) is 11.8 Å². The molecule has 0 atom stereocenters. The Morgan fingerprint density at radius 1 is 1.00 bits per heavy atom. The van der Waals surface area contributed by atoms with Gasteiger partial charge >= 0.3 is 0 Å². The highest BCUT2D eigenvalue weighted by atomic mass is 16.2. The average Bonchev–Trinajstić information content (AvgIpc) is 2.74. The van der Waals surface area contributed by atoms with E-state index in [0.29, 0.717) is 0 Å². The van der Waals surface area contributed by atoms with Crippen LogP contribution in [0.2, 0.25) is 0 Å². The number of primary amides is 1. The first kappa shape index (κ1) is 15.3. The van der Waals surface area contributed by atoms with Crippen molar-refractivity contribution < 1.29 is 9.59 Å². The summed E-state index contributed by atoms with van der Waals surface area (Å²) in [4.78, 5) is 25.9. The van der Waals surface area contributed by atoms with Gasteiger partial charge in [-0.2, -0.15) is 0 Å². The molecule has 0 aromatic heterocycles. The number of nitrogens with zero attached hydrogens (tertiary/aromatic N) is 1. The summed E-state index contributed by atoms with van der Waals surface area (Å²) in [6, 6.07) is 0.180. The molecule has 114 valence electrons. The Hall–Kier alpha value is -1.10. The molecule has 20 heavy (non-hydrogen) atoms. The maximum absolute atomic E-state index is 12.8. The van der Waals surface area contributed by atoms with Gasteiger partial charge in [0.15, 0.2) is 0 Å². The van der Waals surface area contributed by atoms with Crippen LogP contribution in [0.3, 0.4) is 0 Å². The summed E-state index contributed by atoms with van der Waals surface area (Å²) >= 11 is 0. The highest BCUT2D eigenvalue weighted by Gasteiger charge is 2.31. The van der Waals surface area contributed by atoms with E-state index in [1.807, 2.05) is 0 Å². The van der Waals surface area contributed by atoms with Gasteiger partial charge in [-0.05, 0) is 38.8 Å². The second-order valence-corrected chi connectivity index (χ2v) is 6.10. The van der Waals surface area contributed by atoms with E-state index in [2.05, 4.69) is 5.32 Å². The molecule has 3 N–H and O–H groups in total. The van der Waals surface area contributed by atoms with Gasteiger partial charge in [0, 0.05) is 12.0 Å². The van der Waals surface area contributed by atoms with E-state index >= 15 is 0 Å². The molecule has 0 radical (unpaired) electrons. The highest BCUT2D eigenvalue weighted by molar-refractivity contribution is 5.85. The first-order valence-corrected chi connectivity index (χ1v) is 7.98. The van der Waals surface area contributed by atoms with E-state index < -0.39 is 5.91 Å². The van der Waals surface area contributed by atoms with Crippen molar-refractivity contribution in [2.24, 2.45) is 11.7 Å². The van der Waals surface area contributed by atoms with E-state index in [1.54, 1.807) is 4.90 Å². The van der Waals surface area contributed by atoms with E-state index in [1.165, 1.54) is 12.8 Å². The summed E-state index contributed by atoms with van der Waals surface area (Å²) in [5, 5.41) is 3.30. The monoisotopic (exact) mass is 281 g/mol. The molecule has 0 aromatic carbocycles. The van der Waals surface area contributed by atoms with Gasteiger partial charge in [-0.15, -0.1) is 0 Å². The van der Waals surface area contributed by atoms with Gasteiger partial charge < -0.3 is 16.0 Å². The van der Waals surface area contributed by atoms with Crippen molar-refractivity contribution in [3.05, 3.63) is 0 Å². The molecule has 1 saturated carbocycles. The Balaban J connectivity index is 2.03. The number of nitrogens with one attached hydrogen (secondary N) is 1. The summed E-state index contributed by atoms with van der Waals surface area (Å²) in [5.41, 5.74) is 5.35. The Bertz CT molecular complexity index is 332. The molecule has 0 aromatic rings. The number of nitrogens with two attached hydrogens (primary N) is 1. The molecular weight excluding hydrogens is 254 g/mol. The summed E-state index contributed by atoms with van der Waals surface area (Å²) in [5.74, 6) is -0.130. The van der Waals surface area contributed by atoms with Gasteiger partial charge in [0.1, 0.15) is 0 Å². The Labute approximate surface area is 121 Å². The van der Waals surface area contributed by atoms with Gasteiger partial charge in [0.25, 0.3) is 0 Å². The van der Waals surface area contributed by atoms with Crippen LogP contribution in [-0.4, -0.2) is 42.4 Å². The molecule has 1 heterocycles. The number of carbonyl (C=O) groups excluding carboxylic acids is 2. The van der Waals surface area contributed by atoms with Gasteiger partial charge in [-0.25, -0.2) is 0 Å². The van der Waals surface area contributed by atoms with Gasteiger partial charge in [-0.3, -0.25) is 9.59 Å². The predicted molar refractivity (Wildman–Crippen MR) is 78.0 cm³/mol. The Morgan fingerprint density at radius 2 is 1.60 bits per heavy atom. The van der Waals surface area contributed by atoms with Crippen LogP contribution >= 0.6 is 0 Å². The van der Waals surface area contributed by atoms with Crippen molar-refractivity contribution in [3.63, 3.8) is 0 Å². The van der Waals surface area contributed by atoms with Crippen molar-refractivity contribution >= 4 is 11.8 Å². The van der Waals surface area contributed by atoms with Crippen LogP contribution in [0.1, 0.15) is 51.4 Å². The molecule has 2 aliphatic rings. The number of amides is 2. The molecule has 1 aliphatic carbocycles. The minimum Gasteiger partial charge on any atom is -0.368 e. The van der Waals surface area contributed by atoms with Gasteiger partial charge in [-0.1, -0.05) is 25.7 Å². The minimum atomic E-state index is -0.398. The first-order chi connectivity index (χ1) is 9.68. The average molecular weight is 281 g/mol. The topological polar surface area (TPSA) is 75.4 Å². The zero-order valence-electron chi connectivity index (χ0n) is 12.3. The van der Waals surface area contributed by atoms with Crippen molar-refractivity contribution in [3.8, 4) is 0 Å². The molecular formula is C15H27N3O2. The normalized spacial score (nSPS) is 22.2. The number of rotatable bonds is 4. The van der Waals surface area contributed by atoms with Crippen molar-refractivity contribution in [1.82, 2.24) is 10.2 Å². The molecule has 0 spiro atoms. The molecule has 5 heteroatoms. The van der Waals surface area contributed by atoms with Crippen LogP contribution in [0, 0.1) is 5.92 Å². The van der Waals surface area contributed by atoms with Crippen LogP contribution in [0.5, 0.6) is 0 Å². The molecule has 0 unspecified atom stereocenters. The molecule has 2 fully saturated rings. The summed E-state index contributed by atoms with van der Waals surface area (Å²) in [6.07, 6.45) is 8.51. The molecule has 5 nitrogen and oxygen atoms in total. The smallest absolute Gasteiger partial charge is 0.237 e. The zero-order chi connectivity index (χ0) is 14.4. The van der Waals surface area contributed by atoms with Crippen LogP contribution in [0.25, 0.3) is 0 Å². The van der Waals surface area contributed by atoms with Crippen molar-refractivity contribution in [2.45, 2.75) is 57.4 Å². The fourth-order valence-electron chi connectivity index (χ4n) is 3.43. The van der Waals surface area contributed by atoms with Gasteiger partial charge in [0.05, 0.1) is 6.54 Å². The molecule has 1 saturated heterocycles. The van der Waals surface area contributed by atoms with E-state index in [4.69, 9.17) is 5.73 Å². The standard InChI is InChI=1S/C15H27N3O2/c16-14(19)11-18(13-7-9-17-10-8-13)15(20)12-5-3-1-2-4-6-12/h12-13,17H,1-11H2,(H2,16,19). The van der Waals surface area contributed by atoms with Crippen molar-refractivity contribution in [2.75, 3.05) is 19.6 Å². The summed E-state index contributed by atoms with van der Waals surface area (Å²) < 4.78 is 0. The quantitative estimate of drug-likeness (QED) is 0.756. The maximum Gasteiger partial charge on any atom is 0.237 e. The van der Waals surface area contributed by atoms with E-state index in [-0.39, 0.29) is 24.4 Å². The number of carbonyl (C=O) groups is 2. The lowest BCUT2D eigenvalue weighted by molar-refractivity contribution is -0.142. The van der Waals surface area contributed by atoms with Crippen LogP contribution in [0.4, 0.5) is 0 Å².